The standard InChI is InChI=1S/C14H22N2O/c1-4-12(9-15)14(17)16-11(3)13-7-5-10(2)6-8-13/h5-8,11-12H,4,9,15H2,1-3H3,(H,16,17)/t11-,12?/m0/s1. The maximum Gasteiger partial charge on any atom is 0.224 e. The first-order chi connectivity index (χ1) is 8.08. The predicted molar refractivity (Wildman–Crippen MR) is 70.6 cm³/mol. The molecule has 0 bridgehead atoms. The lowest BCUT2D eigenvalue weighted by Crippen LogP contribution is -2.36. The predicted octanol–water partition coefficient (Wildman–Crippen LogP) is 2.16. The molecule has 0 aliphatic heterocycles. The van der Waals surface area contributed by atoms with Crippen molar-refractivity contribution in [3.05, 3.63) is 35.4 Å². The van der Waals surface area contributed by atoms with E-state index in [-0.39, 0.29) is 17.9 Å². The highest BCUT2D eigenvalue weighted by atomic mass is 16.1. The molecule has 0 aliphatic carbocycles. The Hall–Kier alpha value is -1.35. The molecule has 0 aromatic heterocycles. The number of hydrogen-bond donors (Lipinski definition) is 2. The molecule has 0 radical (unpaired) electrons. The second kappa shape index (κ2) is 6.40. The van der Waals surface area contributed by atoms with Gasteiger partial charge in [0.15, 0.2) is 0 Å². The highest BCUT2D eigenvalue weighted by molar-refractivity contribution is 5.79. The summed E-state index contributed by atoms with van der Waals surface area (Å²) >= 11 is 0. The molecule has 1 amide bonds. The molecule has 0 heterocycles. The molecule has 3 nitrogen and oxygen atoms in total. The van der Waals surface area contributed by atoms with Gasteiger partial charge < -0.3 is 11.1 Å². The lowest BCUT2D eigenvalue weighted by molar-refractivity contribution is -0.125. The molecule has 0 aliphatic rings. The van der Waals surface area contributed by atoms with E-state index in [1.54, 1.807) is 0 Å². The largest absolute Gasteiger partial charge is 0.349 e. The smallest absolute Gasteiger partial charge is 0.224 e. The van der Waals surface area contributed by atoms with Crippen LogP contribution in [0.2, 0.25) is 0 Å². The molecule has 2 atom stereocenters. The maximum atomic E-state index is 11.9. The zero-order valence-electron chi connectivity index (χ0n) is 10.9. The first kappa shape index (κ1) is 13.7. The van der Waals surface area contributed by atoms with E-state index in [2.05, 4.69) is 24.4 Å². The Kier molecular flexibility index (Phi) is 5.16. The summed E-state index contributed by atoms with van der Waals surface area (Å²) in [4.78, 5) is 11.9. The number of aryl methyl sites for hydroxylation is 1. The Morgan fingerprint density at radius 1 is 1.35 bits per heavy atom. The van der Waals surface area contributed by atoms with Crippen molar-refractivity contribution in [1.29, 1.82) is 0 Å². The second-order valence-electron chi connectivity index (χ2n) is 4.48. The van der Waals surface area contributed by atoms with Crippen molar-refractivity contribution in [2.45, 2.75) is 33.2 Å². The molecule has 0 saturated heterocycles. The molecule has 3 heteroatoms. The fourth-order valence-electron chi connectivity index (χ4n) is 1.73. The molecule has 17 heavy (non-hydrogen) atoms. The summed E-state index contributed by atoms with van der Waals surface area (Å²) in [7, 11) is 0. The summed E-state index contributed by atoms with van der Waals surface area (Å²) in [5.41, 5.74) is 7.90. The summed E-state index contributed by atoms with van der Waals surface area (Å²) < 4.78 is 0. The monoisotopic (exact) mass is 234 g/mol. The minimum Gasteiger partial charge on any atom is -0.349 e. The van der Waals surface area contributed by atoms with Gasteiger partial charge in [-0.25, -0.2) is 0 Å². The van der Waals surface area contributed by atoms with Gasteiger partial charge in [-0.05, 0) is 25.8 Å². The summed E-state index contributed by atoms with van der Waals surface area (Å²) in [5, 5.41) is 3.00. The second-order valence-corrected chi connectivity index (χ2v) is 4.48. The van der Waals surface area contributed by atoms with Crippen molar-refractivity contribution < 1.29 is 4.79 Å². The van der Waals surface area contributed by atoms with Gasteiger partial charge in [-0.3, -0.25) is 4.79 Å². The van der Waals surface area contributed by atoms with Crippen LogP contribution in [0.4, 0.5) is 0 Å². The fraction of sp³-hybridized carbons (Fsp3) is 0.500. The minimum atomic E-state index is -0.0806. The van der Waals surface area contributed by atoms with Crippen molar-refractivity contribution in [1.82, 2.24) is 5.32 Å². The average Bonchev–Trinajstić information content (AvgIpc) is 2.31. The summed E-state index contributed by atoms with van der Waals surface area (Å²) in [6.07, 6.45) is 0.781. The van der Waals surface area contributed by atoms with Crippen LogP contribution in [-0.4, -0.2) is 12.5 Å². The minimum absolute atomic E-state index is 0.0312. The van der Waals surface area contributed by atoms with Gasteiger partial charge in [0.1, 0.15) is 0 Å². The molecule has 1 aromatic rings. The van der Waals surface area contributed by atoms with E-state index in [0.717, 1.165) is 12.0 Å². The van der Waals surface area contributed by atoms with Crippen LogP contribution >= 0.6 is 0 Å². The quantitative estimate of drug-likeness (QED) is 0.820. The summed E-state index contributed by atoms with van der Waals surface area (Å²) in [6, 6.07) is 8.23. The third kappa shape index (κ3) is 3.86. The van der Waals surface area contributed by atoms with Gasteiger partial charge in [0.05, 0.1) is 6.04 Å². The lowest BCUT2D eigenvalue weighted by atomic mass is 10.0. The fourth-order valence-corrected chi connectivity index (χ4v) is 1.73. The number of nitrogens with two attached hydrogens (primary N) is 1. The van der Waals surface area contributed by atoms with E-state index < -0.39 is 0 Å². The number of carbonyl (C=O) groups is 1. The Balaban J connectivity index is 2.62. The van der Waals surface area contributed by atoms with Gasteiger partial charge in [-0.1, -0.05) is 36.8 Å². The van der Waals surface area contributed by atoms with Crippen LogP contribution in [0.5, 0.6) is 0 Å². The first-order valence-electron chi connectivity index (χ1n) is 6.15. The molecule has 94 valence electrons. The summed E-state index contributed by atoms with van der Waals surface area (Å²) in [6.45, 7) is 6.43. The van der Waals surface area contributed by atoms with Crippen LogP contribution in [0.25, 0.3) is 0 Å². The van der Waals surface area contributed by atoms with E-state index in [9.17, 15) is 4.79 Å². The number of nitrogens with one attached hydrogen (secondary N) is 1. The van der Waals surface area contributed by atoms with E-state index in [1.807, 2.05) is 26.0 Å². The van der Waals surface area contributed by atoms with Crippen molar-refractivity contribution in [3.8, 4) is 0 Å². The number of amides is 1. The Bertz CT molecular complexity index is 355. The molecule has 0 spiro atoms. The zero-order chi connectivity index (χ0) is 12.8. The average molecular weight is 234 g/mol. The van der Waals surface area contributed by atoms with Crippen molar-refractivity contribution >= 4 is 5.91 Å². The first-order valence-corrected chi connectivity index (χ1v) is 6.15. The van der Waals surface area contributed by atoms with E-state index in [0.29, 0.717) is 6.54 Å². The van der Waals surface area contributed by atoms with E-state index in [4.69, 9.17) is 5.73 Å². The van der Waals surface area contributed by atoms with Gasteiger partial charge in [-0.15, -0.1) is 0 Å². The van der Waals surface area contributed by atoms with Crippen LogP contribution in [0.15, 0.2) is 24.3 Å². The van der Waals surface area contributed by atoms with Crippen LogP contribution in [0.1, 0.15) is 37.4 Å². The van der Waals surface area contributed by atoms with Gasteiger partial charge in [0, 0.05) is 12.5 Å². The molecular weight excluding hydrogens is 212 g/mol. The lowest BCUT2D eigenvalue weighted by Gasteiger charge is -2.18. The van der Waals surface area contributed by atoms with Gasteiger partial charge in [-0.2, -0.15) is 0 Å². The third-order valence-electron chi connectivity index (χ3n) is 3.08. The topological polar surface area (TPSA) is 55.1 Å². The molecular formula is C14H22N2O. The Morgan fingerprint density at radius 2 is 1.94 bits per heavy atom. The molecule has 0 fully saturated rings. The molecule has 0 saturated carbocycles. The normalized spacial score (nSPS) is 14.1. The van der Waals surface area contributed by atoms with Crippen molar-refractivity contribution in [3.63, 3.8) is 0 Å². The van der Waals surface area contributed by atoms with E-state index in [1.165, 1.54) is 5.56 Å². The number of benzene rings is 1. The van der Waals surface area contributed by atoms with Gasteiger partial charge in [0.2, 0.25) is 5.91 Å². The number of carbonyl (C=O) groups excluding carboxylic acids is 1. The van der Waals surface area contributed by atoms with E-state index >= 15 is 0 Å². The molecule has 1 rings (SSSR count). The third-order valence-corrected chi connectivity index (χ3v) is 3.08. The Labute approximate surface area is 103 Å². The maximum absolute atomic E-state index is 11.9. The molecule has 1 aromatic carbocycles. The molecule has 3 N–H and O–H groups in total. The highest BCUT2D eigenvalue weighted by Gasteiger charge is 2.17. The van der Waals surface area contributed by atoms with Crippen molar-refractivity contribution in [2.24, 2.45) is 11.7 Å². The van der Waals surface area contributed by atoms with Crippen molar-refractivity contribution in [2.75, 3.05) is 6.54 Å². The van der Waals surface area contributed by atoms with Gasteiger partial charge >= 0.3 is 0 Å². The summed E-state index contributed by atoms with van der Waals surface area (Å²) in [5.74, 6) is -0.0361. The van der Waals surface area contributed by atoms with Gasteiger partial charge in [0.25, 0.3) is 0 Å². The number of hydrogen-bond acceptors (Lipinski definition) is 2. The zero-order valence-corrected chi connectivity index (χ0v) is 10.9. The highest BCUT2D eigenvalue weighted by Crippen LogP contribution is 2.14. The van der Waals surface area contributed by atoms with Crippen LogP contribution in [0.3, 0.4) is 0 Å². The van der Waals surface area contributed by atoms with Crippen LogP contribution in [-0.2, 0) is 4.79 Å². The van der Waals surface area contributed by atoms with Crippen LogP contribution in [0, 0.1) is 12.8 Å². The Morgan fingerprint density at radius 3 is 2.41 bits per heavy atom. The number of rotatable bonds is 5. The SMILES string of the molecule is CCC(CN)C(=O)N[C@@H](C)c1ccc(C)cc1. The van der Waals surface area contributed by atoms with Crippen LogP contribution < -0.4 is 11.1 Å². The molecule has 1 unspecified atom stereocenters.